The SMILES string of the molecule is CCOC(F)=C(Cl)C(OCC)(OCC)C(F)(F)F. The lowest BCUT2D eigenvalue weighted by atomic mass is 10.2. The molecule has 0 bridgehead atoms. The van der Waals surface area contributed by atoms with Gasteiger partial charge < -0.3 is 14.2 Å². The van der Waals surface area contributed by atoms with E-state index in [1.54, 1.807) is 0 Å². The van der Waals surface area contributed by atoms with Crippen LogP contribution in [0.5, 0.6) is 0 Å². The van der Waals surface area contributed by atoms with Gasteiger partial charge in [-0.3, -0.25) is 0 Å². The summed E-state index contributed by atoms with van der Waals surface area (Å²) in [5, 5.41) is -1.31. The Bertz CT molecular complexity index is 285. The van der Waals surface area contributed by atoms with Gasteiger partial charge >= 0.3 is 12.0 Å². The van der Waals surface area contributed by atoms with Crippen LogP contribution in [0, 0.1) is 0 Å². The summed E-state index contributed by atoms with van der Waals surface area (Å²) in [4.78, 5) is 0. The summed E-state index contributed by atoms with van der Waals surface area (Å²) in [6.45, 7) is 3.11. The van der Waals surface area contributed by atoms with E-state index in [0.717, 1.165) is 0 Å². The van der Waals surface area contributed by atoms with Crippen LogP contribution in [0.2, 0.25) is 0 Å². The van der Waals surface area contributed by atoms with E-state index in [2.05, 4.69) is 14.2 Å². The van der Waals surface area contributed by atoms with Crippen LogP contribution < -0.4 is 0 Å². The van der Waals surface area contributed by atoms with Crippen LogP contribution in [-0.2, 0) is 14.2 Å². The maximum Gasteiger partial charge on any atom is 0.449 e. The molecule has 0 heterocycles. The number of halogens is 5. The first-order valence-electron chi connectivity index (χ1n) is 5.29. The highest BCUT2D eigenvalue weighted by atomic mass is 35.5. The van der Waals surface area contributed by atoms with E-state index in [1.165, 1.54) is 20.8 Å². The Kier molecular flexibility index (Phi) is 6.94. The maximum absolute atomic E-state index is 13.3. The smallest absolute Gasteiger partial charge is 0.449 e. The molecule has 0 amide bonds. The van der Waals surface area contributed by atoms with E-state index in [4.69, 9.17) is 11.6 Å². The topological polar surface area (TPSA) is 27.7 Å². The molecule has 0 rings (SSSR count). The minimum absolute atomic E-state index is 0.172. The van der Waals surface area contributed by atoms with E-state index >= 15 is 0 Å². The standard InChI is InChI=1S/C10H15ClF4O3/c1-4-16-8(12)7(11)9(17-5-2,18-6-3)10(13,14)15/h4-6H2,1-3H3. The van der Waals surface area contributed by atoms with Crippen molar-refractivity contribution in [2.24, 2.45) is 0 Å². The average Bonchev–Trinajstić information content (AvgIpc) is 2.26. The molecule has 0 saturated carbocycles. The number of hydrogen-bond acceptors (Lipinski definition) is 3. The van der Waals surface area contributed by atoms with Gasteiger partial charge in [0.1, 0.15) is 0 Å². The van der Waals surface area contributed by atoms with Crippen molar-refractivity contribution in [2.45, 2.75) is 32.7 Å². The van der Waals surface area contributed by atoms with Gasteiger partial charge in [0.15, 0.2) is 5.03 Å². The first kappa shape index (κ1) is 17.5. The first-order chi connectivity index (χ1) is 8.26. The fourth-order valence-corrected chi connectivity index (χ4v) is 1.45. The third-order valence-electron chi connectivity index (χ3n) is 1.80. The third-order valence-corrected chi connectivity index (χ3v) is 2.20. The molecule has 0 aromatic heterocycles. The monoisotopic (exact) mass is 294 g/mol. The largest absolute Gasteiger partial charge is 0.470 e. The van der Waals surface area contributed by atoms with Crippen LogP contribution in [0.1, 0.15) is 20.8 Å². The number of rotatable bonds is 7. The highest BCUT2D eigenvalue weighted by Crippen LogP contribution is 2.43. The number of ether oxygens (including phenoxy) is 3. The molecular weight excluding hydrogens is 280 g/mol. The highest BCUT2D eigenvalue weighted by Gasteiger charge is 2.62. The molecule has 0 aliphatic rings. The molecule has 0 aliphatic carbocycles. The second kappa shape index (κ2) is 7.16. The molecule has 0 aliphatic heterocycles. The van der Waals surface area contributed by atoms with Crippen LogP contribution in [0.4, 0.5) is 17.6 Å². The van der Waals surface area contributed by atoms with Gasteiger partial charge in [-0.15, -0.1) is 0 Å². The predicted octanol–water partition coefficient (Wildman–Crippen LogP) is 3.73. The van der Waals surface area contributed by atoms with Gasteiger partial charge in [-0.05, 0) is 20.8 Å². The summed E-state index contributed by atoms with van der Waals surface area (Å²) in [7, 11) is 0. The van der Waals surface area contributed by atoms with Crippen LogP contribution in [-0.4, -0.2) is 31.8 Å². The quantitative estimate of drug-likeness (QED) is 0.407. The Morgan fingerprint density at radius 2 is 1.44 bits per heavy atom. The van der Waals surface area contributed by atoms with Crippen LogP contribution in [0.25, 0.3) is 0 Å². The van der Waals surface area contributed by atoms with Crippen molar-refractivity contribution in [3.63, 3.8) is 0 Å². The van der Waals surface area contributed by atoms with Crippen molar-refractivity contribution >= 4 is 11.6 Å². The average molecular weight is 295 g/mol. The Morgan fingerprint density at radius 3 is 1.72 bits per heavy atom. The van der Waals surface area contributed by atoms with Crippen LogP contribution >= 0.6 is 11.6 Å². The molecule has 0 radical (unpaired) electrons. The van der Waals surface area contributed by atoms with E-state index in [9.17, 15) is 17.6 Å². The Morgan fingerprint density at radius 1 is 1.00 bits per heavy atom. The maximum atomic E-state index is 13.3. The molecule has 0 aromatic rings. The van der Waals surface area contributed by atoms with Crippen LogP contribution in [0.15, 0.2) is 11.0 Å². The Labute approximate surface area is 108 Å². The van der Waals surface area contributed by atoms with Crippen molar-refractivity contribution in [1.82, 2.24) is 0 Å². The fraction of sp³-hybridized carbons (Fsp3) is 0.800. The summed E-state index contributed by atoms with van der Waals surface area (Å²) < 4.78 is 65.7. The van der Waals surface area contributed by atoms with Crippen molar-refractivity contribution in [1.29, 1.82) is 0 Å². The number of alkyl halides is 3. The van der Waals surface area contributed by atoms with Gasteiger partial charge in [0.05, 0.1) is 6.61 Å². The summed E-state index contributed by atoms with van der Waals surface area (Å²) in [6, 6.07) is -1.57. The fourth-order valence-electron chi connectivity index (χ4n) is 1.18. The first-order valence-corrected chi connectivity index (χ1v) is 5.67. The Hall–Kier alpha value is -0.530. The summed E-state index contributed by atoms with van der Waals surface area (Å²) in [5.41, 5.74) is 0. The lowest BCUT2D eigenvalue weighted by Gasteiger charge is -2.33. The van der Waals surface area contributed by atoms with E-state index in [1.807, 2.05) is 0 Å². The Balaban J connectivity index is 5.62. The summed E-state index contributed by atoms with van der Waals surface area (Å²) in [5.74, 6) is -3.34. The zero-order valence-corrected chi connectivity index (χ0v) is 11.0. The molecule has 0 fully saturated rings. The molecule has 108 valence electrons. The molecule has 0 spiro atoms. The molecule has 0 aromatic carbocycles. The van der Waals surface area contributed by atoms with Gasteiger partial charge in [0.2, 0.25) is 0 Å². The minimum Gasteiger partial charge on any atom is -0.470 e. The second-order valence-electron chi connectivity index (χ2n) is 3.00. The van der Waals surface area contributed by atoms with Crippen molar-refractivity contribution in [2.75, 3.05) is 19.8 Å². The van der Waals surface area contributed by atoms with Crippen LogP contribution in [0.3, 0.4) is 0 Å². The molecule has 8 heteroatoms. The molecule has 3 nitrogen and oxygen atoms in total. The molecule has 18 heavy (non-hydrogen) atoms. The molecule has 0 N–H and O–H groups in total. The molecule has 0 unspecified atom stereocenters. The highest BCUT2D eigenvalue weighted by molar-refractivity contribution is 6.30. The lowest BCUT2D eigenvalue weighted by molar-refractivity contribution is -0.358. The molecular formula is C10H15ClF4O3. The van der Waals surface area contributed by atoms with E-state index in [-0.39, 0.29) is 19.8 Å². The predicted molar refractivity (Wildman–Crippen MR) is 57.7 cm³/mol. The van der Waals surface area contributed by atoms with Gasteiger partial charge in [0.25, 0.3) is 6.01 Å². The van der Waals surface area contributed by atoms with Gasteiger partial charge in [-0.1, -0.05) is 11.6 Å². The normalized spacial score (nSPS) is 14.4. The summed E-state index contributed by atoms with van der Waals surface area (Å²) in [6.07, 6.45) is -5.04. The van der Waals surface area contributed by atoms with Gasteiger partial charge in [-0.25, -0.2) is 0 Å². The lowest BCUT2D eigenvalue weighted by Crippen LogP contribution is -2.51. The minimum atomic E-state index is -5.04. The zero-order valence-electron chi connectivity index (χ0n) is 10.2. The van der Waals surface area contributed by atoms with Crippen molar-refractivity contribution in [3.05, 3.63) is 11.0 Å². The van der Waals surface area contributed by atoms with Gasteiger partial charge in [0, 0.05) is 13.2 Å². The number of hydrogen-bond donors (Lipinski definition) is 0. The van der Waals surface area contributed by atoms with Crippen molar-refractivity contribution < 1.29 is 31.8 Å². The zero-order chi connectivity index (χ0) is 14.4. The van der Waals surface area contributed by atoms with E-state index < -0.39 is 23.0 Å². The molecule has 0 saturated heterocycles. The molecule has 0 atom stereocenters. The summed E-state index contributed by atoms with van der Waals surface area (Å²) >= 11 is 5.38. The van der Waals surface area contributed by atoms with E-state index in [0.29, 0.717) is 0 Å². The van der Waals surface area contributed by atoms with Crippen molar-refractivity contribution in [3.8, 4) is 0 Å². The second-order valence-corrected chi connectivity index (χ2v) is 3.38. The third kappa shape index (κ3) is 3.73. The van der Waals surface area contributed by atoms with Gasteiger partial charge in [-0.2, -0.15) is 17.6 Å².